The molecule has 1 aromatic carbocycles. The van der Waals surface area contributed by atoms with Crippen LogP contribution in [0.5, 0.6) is 5.75 Å². The highest BCUT2D eigenvalue weighted by molar-refractivity contribution is 9.10. The third kappa shape index (κ3) is 3.84. The molecular weight excluding hydrogens is 353 g/mol. The first-order valence-electron chi connectivity index (χ1n) is 6.89. The number of hydrogen-bond acceptors (Lipinski definition) is 3. The van der Waals surface area contributed by atoms with E-state index >= 15 is 0 Å². The first-order valence-corrected chi connectivity index (χ1v) is 8.50. The highest BCUT2D eigenvalue weighted by atomic mass is 79.9. The van der Waals surface area contributed by atoms with Gasteiger partial charge in [-0.05, 0) is 48.0 Å². The predicted octanol–water partition coefficient (Wildman–Crippen LogP) is 5.06. The highest BCUT2D eigenvalue weighted by Crippen LogP contribution is 2.37. The van der Waals surface area contributed by atoms with Crippen molar-refractivity contribution in [2.75, 3.05) is 13.7 Å². The van der Waals surface area contributed by atoms with Crippen molar-refractivity contribution in [2.24, 2.45) is 0 Å². The molecule has 1 unspecified atom stereocenters. The standard InChI is InChI=1S/C16H19BrFNOS/c1-4-7-19-15(16-13(17)8-10(2)21-16)12-6-5-11(20-3)9-14(12)18/h5-6,8-9,15,19H,4,7H2,1-3H3. The Morgan fingerprint density at radius 2 is 2.14 bits per heavy atom. The van der Waals surface area contributed by atoms with Crippen molar-refractivity contribution >= 4 is 27.3 Å². The second kappa shape index (κ2) is 7.38. The van der Waals surface area contributed by atoms with E-state index in [4.69, 9.17) is 4.74 Å². The molecule has 1 N–H and O–H groups in total. The smallest absolute Gasteiger partial charge is 0.132 e. The normalized spacial score (nSPS) is 12.4. The summed E-state index contributed by atoms with van der Waals surface area (Å²) >= 11 is 5.26. The van der Waals surface area contributed by atoms with Gasteiger partial charge in [-0.15, -0.1) is 11.3 Å². The molecule has 2 aromatic rings. The molecule has 0 radical (unpaired) electrons. The molecular formula is C16H19BrFNOS. The number of rotatable bonds is 6. The van der Waals surface area contributed by atoms with E-state index in [1.54, 1.807) is 30.6 Å². The van der Waals surface area contributed by atoms with Crippen LogP contribution in [0.1, 0.15) is 34.7 Å². The fourth-order valence-corrected chi connectivity index (χ4v) is 4.17. The topological polar surface area (TPSA) is 21.3 Å². The molecule has 0 fully saturated rings. The monoisotopic (exact) mass is 371 g/mol. The summed E-state index contributed by atoms with van der Waals surface area (Å²) in [6.45, 7) is 4.99. The van der Waals surface area contributed by atoms with E-state index in [2.05, 4.69) is 41.2 Å². The second-order valence-corrected chi connectivity index (χ2v) is 6.99. The molecule has 2 rings (SSSR count). The van der Waals surface area contributed by atoms with E-state index in [0.29, 0.717) is 11.3 Å². The third-order valence-corrected chi connectivity index (χ3v) is 5.25. The van der Waals surface area contributed by atoms with Gasteiger partial charge in [0.2, 0.25) is 0 Å². The quantitative estimate of drug-likeness (QED) is 0.766. The lowest BCUT2D eigenvalue weighted by Crippen LogP contribution is -2.23. The number of ether oxygens (including phenoxy) is 1. The van der Waals surface area contributed by atoms with E-state index < -0.39 is 0 Å². The molecule has 0 spiro atoms. The van der Waals surface area contributed by atoms with Crippen LogP contribution in [0.25, 0.3) is 0 Å². The van der Waals surface area contributed by atoms with Crippen LogP contribution in [-0.4, -0.2) is 13.7 Å². The van der Waals surface area contributed by atoms with E-state index in [-0.39, 0.29) is 11.9 Å². The van der Waals surface area contributed by atoms with Gasteiger partial charge in [0, 0.05) is 25.9 Å². The Kier molecular flexibility index (Phi) is 5.79. The molecule has 0 aliphatic carbocycles. The Balaban J connectivity index is 2.42. The molecule has 0 saturated heterocycles. The lowest BCUT2D eigenvalue weighted by atomic mass is 10.0. The van der Waals surface area contributed by atoms with E-state index in [9.17, 15) is 4.39 Å². The van der Waals surface area contributed by atoms with Gasteiger partial charge in [-0.3, -0.25) is 0 Å². The number of halogens is 2. The molecule has 1 aromatic heterocycles. The Hall–Kier alpha value is -0.910. The molecule has 5 heteroatoms. The van der Waals surface area contributed by atoms with Crippen LogP contribution in [0.3, 0.4) is 0 Å². The van der Waals surface area contributed by atoms with Crippen molar-refractivity contribution < 1.29 is 9.13 Å². The molecule has 114 valence electrons. The SMILES string of the molecule is CCCNC(c1ccc(OC)cc1F)c1sc(C)cc1Br. The van der Waals surface area contributed by atoms with Crippen LogP contribution in [0, 0.1) is 12.7 Å². The number of hydrogen-bond donors (Lipinski definition) is 1. The fourth-order valence-electron chi connectivity index (χ4n) is 2.20. The van der Waals surface area contributed by atoms with Crippen molar-refractivity contribution in [3.63, 3.8) is 0 Å². The van der Waals surface area contributed by atoms with Crippen LogP contribution < -0.4 is 10.1 Å². The Morgan fingerprint density at radius 1 is 1.38 bits per heavy atom. The average Bonchev–Trinajstić information content (AvgIpc) is 2.79. The second-order valence-electron chi connectivity index (χ2n) is 4.84. The fraction of sp³-hybridized carbons (Fsp3) is 0.375. The molecule has 0 saturated carbocycles. The van der Waals surface area contributed by atoms with Gasteiger partial charge in [0.25, 0.3) is 0 Å². The highest BCUT2D eigenvalue weighted by Gasteiger charge is 2.22. The number of nitrogens with one attached hydrogen (secondary N) is 1. The maximum atomic E-state index is 14.4. The molecule has 0 aliphatic rings. The van der Waals surface area contributed by atoms with E-state index in [1.165, 1.54) is 10.9 Å². The summed E-state index contributed by atoms with van der Waals surface area (Å²) in [5.41, 5.74) is 0.645. The number of aryl methyl sites for hydroxylation is 1. The molecule has 0 bridgehead atoms. The van der Waals surface area contributed by atoms with E-state index in [1.807, 2.05) is 0 Å². The molecule has 0 aliphatic heterocycles. The minimum Gasteiger partial charge on any atom is -0.497 e. The summed E-state index contributed by atoms with van der Waals surface area (Å²) in [6.07, 6.45) is 0.996. The molecule has 2 nitrogen and oxygen atoms in total. The van der Waals surface area contributed by atoms with Crippen LogP contribution in [0.4, 0.5) is 4.39 Å². The average molecular weight is 372 g/mol. The van der Waals surface area contributed by atoms with Gasteiger partial charge < -0.3 is 10.1 Å². The van der Waals surface area contributed by atoms with Crippen LogP contribution in [-0.2, 0) is 0 Å². The summed E-state index contributed by atoms with van der Waals surface area (Å²) in [5.74, 6) is 0.285. The van der Waals surface area contributed by atoms with Gasteiger partial charge in [-0.1, -0.05) is 13.0 Å². The zero-order valence-electron chi connectivity index (χ0n) is 12.4. The van der Waals surface area contributed by atoms with Crippen molar-refractivity contribution in [3.05, 3.63) is 49.9 Å². The molecule has 21 heavy (non-hydrogen) atoms. The van der Waals surface area contributed by atoms with Gasteiger partial charge in [0.1, 0.15) is 11.6 Å². The lowest BCUT2D eigenvalue weighted by molar-refractivity contribution is 0.410. The van der Waals surface area contributed by atoms with Crippen molar-refractivity contribution in [1.82, 2.24) is 5.32 Å². The Morgan fingerprint density at radius 3 is 2.67 bits per heavy atom. The van der Waals surface area contributed by atoms with Gasteiger partial charge >= 0.3 is 0 Å². The minimum atomic E-state index is -0.249. The van der Waals surface area contributed by atoms with Gasteiger partial charge in [-0.2, -0.15) is 0 Å². The van der Waals surface area contributed by atoms with Gasteiger partial charge in [0.05, 0.1) is 13.2 Å². The van der Waals surface area contributed by atoms with Gasteiger partial charge in [-0.25, -0.2) is 4.39 Å². The van der Waals surface area contributed by atoms with Gasteiger partial charge in [0.15, 0.2) is 0 Å². The summed E-state index contributed by atoms with van der Waals surface area (Å²) in [7, 11) is 1.54. The number of benzene rings is 1. The first kappa shape index (κ1) is 16.5. The third-order valence-electron chi connectivity index (χ3n) is 3.22. The van der Waals surface area contributed by atoms with Crippen molar-refractivity contribution in [2.45, 2.75) is 26.3 Å². The maximum Gasteiger partial charge on any atom is 0.132 e. The van der Waals surface area contributed by atoms with Crippen molar-refractivity contribution in [3.8, 4) is 5.75 Å². The number of methoxy groups -OCH3 is 1. The Labute approximate surface area is 137 Å². The summed E-state index contributed by atoms with van der Waals surface area (Å²) in [4.78, 5) is 2.30. The summed E-state index contributed by atoms with van der Waals surface area (Å²) < 4.78 is 20.5. The maximum absolute atomic E-state index is 14.4. The van der Waals surface area contributed by atoms with E-state index in [0.717, 1.165) is 22.3 Å². The lowest BCUT2D eigenvalue weighted by Gasteiger charge is -2.19. The largest absolute Gasteiger partial charge is 0.497 e. The molecule has 1 atom stereocenters. The van der Waals surface area contributed by atoms with Crippen LogP contribution >= 0.6 is 27.3 Å². The summed E-state index contributed by atoms with van der Waals surface area (Å²) in [6, 6.07) is 6.95. The minimum absolute atomic E-state index is 0.149. The number of thiophene rings is 1. The molecule has 1 heterocycles. The van der Waals surface area contributed by atoms with Crippen molar-refractivity contribution in [1.29, 1.82) is 0 Å². The zero-order chi connectivity index (χ0) is 15.4. The van der Waals surface area contributed by atoms with Crippen LogP contribution in [0.2, 0.25) is 0 Å². The summed E-state index contributed by atoms with van der Waals surface area (Å²) in [5, 5.41) is 3.43. The Bertz CT molecular complexity index is 614. The van der Waals surface area contributed by atoms with Crippen LogP contribution in [0.15, 0.2) is 28.7 Å². The predicted molar refractivity (Wildman–Crippen MR) is 89.8 cm³/mol. The first-order chi connectivity index (χ1) is 10.1. The zero-order valence-corrected chi connectivity index (χ0v) is 14.8. The molecule has 0 amide bonds.